The summed E-state index contributed by atoms with van der Waals surface area (Å²) in [6.45, 7) is 1.78. The summed E-state index contributed by atoms with van der Waals surface area (Å²) >= 11 is 0. The predicted octanol–water partition coefficient (Wildman–Crippen LogP) is 1.03. The van der Waals surface area contributed by atoms with Crippen LogP contribution in [0.5, 0.6) is 0 Å². The Balaban J connectivity index is 1.96. The highest BCUT2D eigenvalue weighted by atomic mass is 32.2. The van der Waals surface area contributed by atoms with E-state index in [0.717, 1.165) is 30.5 Å². The van der Waals surface area contributed by atoms with Gasteiger partial charge in [-0.15, -0.1) is 0 Å². The van der Waals surface area contributed by atoms with Gasteiger partial charge < -0.3 is 10.3 Å². The molecule has 1 aromatic carbocycles. The van der Waals surface area contributed by atoms with E-state index in [0.29, 0.717) is 5.16 Å². The molecule has 16 heavy (non-hydrogen) atoms. The van der Waals surface area contributed by atoms with Crippen LogP contribution in [0.4, 0.5) is 0 Å². The number of benzene rings is 1. The van der Waals surface area contributed by atoms with Crippen molar-refractivity contribution in [2.45, 2.75) is 16.8 Å². The van der Waals surface area contributed by atoms with Gasteiger partial charge in [-0.05, 0) is 25.1 Å². The van der Waals surface area contributed by atoms with Crippen molar-refractivity contribution in [3.8, 4) is 0 Å². The number of fused-ring (bicyclic) bond motifs is 1. The summed E-state index contributed by atoms with van der Waals surface area (Å²) in [6.07, 6.45) is 0.962. The molecule has 0 amide bonds. The zero-order chi connectivity index (χ0) is 11.0. The standard InChI is InChI=1S/C11H13N3OS/c15-16(8-5-6-12-7-8)11-13-9-3-1-2-4-10(9)14-11/h1-4,8,12H,5-7H2,(H,13,14)/t8-,16?/m0/s1. The van der Waals surface area contributed by atoms with E-state index < -0.39 is 10.8 Å². The van der Waals surface area contributed by atoms with E-state index in [-0.39, 0.29) is 5.25 Å². The highest BCUT2D eigenvalue weighted by Crippen LogP contribution is 2.17. The number of nitrogens with zero attached hydrogens (tertiary/aromatic N) is 1. The fourth-order valence-corrected chi connectivity index (χ4v) is 3.31. The summed E-state index contributed by atoms with van der Waals surface area (Å²) in [6, 6.07) is 7.77. The first kappa shape index (κ1) is 9.99. The van der Waals surface area contributed by atoms with E-state index in [1.807, 2.05) is 24.3 Å². The molecule has 0 spiro atoms. The van der Waals surface area contributed by atoms with Gasteiger partial charge in [-0.2, -0.15) is 0 Å². The first-order chi connectivity index (χ1) is 7.84. The minimum Gasteiger partial charge on any atom is -0.331 e. The number of para-hydroxylation sites is 2. The molecule has 1 saturated heterocycles. The second-order valence-electron chi connectivity index (χ2n) is 3.97. The van der Waals surface area contributed by atoms with Crippen LogP contribution in [-0.2, 0) is 10.8 Å². The summed E-state index contributed by atoms with van der Waals surface area (Å²) in [7, 11) is -1.02. The van der Waals surface area contributed by atoms with Crippen LogP contribution in [0.15, 0.2) is 29.4 Å². The van der Waals surface area contributed by atoms with E-state index in [9.17, 15) is 4.21 Å². The van der Waals surface area contributed by atoms with Crippen molar-refractivity contribution in [1.82, 2.24) is 15.3 Å². The molecule has 1 aromatic heterocycles. The van der Waals surface area contributed by atoms with Gasteiger partial charge in [0, 0.05) is 6.54 Å². The average molecular weight is 235 g/mol. The Morgan fingerprint density at radius 3 is 3.00 bits per heavy atom. The third-order valence-electron chi connectivity index (χ3n) is 2.88. The molecule has 3 rings (SSSR count). The number of imidazole rings is 1. The van der Waals surface area contributed by atoms with Crippen molar-refractivity contribution in [2.75, 3.05) is 13.1 Å². The Morgan fingerprint density at radius 2 is 2.25 bits per heavy atom. The van der Waals surface area contributed by atoms with E-state index in [4.69, 9.17) is 0 Å². The quantitative estimate of drug-likeness (QED) is 0.817. The molecule has 4 nitrogen and oxygen atoms in total. The lowest BCUT2D eigenvalue weighted by Gasteiger charge is -2.04. The van der Waals surface area contributed by atoms with E-state index >= 15 is 0 Å². The largest absolute Gasteiger partial charge is 0.331 e. The Morgan fingerprint density at radius 1 is 1.38 bits per heavy atom. The molecule has 0 saturated carbocycles. The molecule has 2 N–H and O–H groups in total. The topological polar surface area (TPSA) is 57.8 Å². The normalized spacial score (nSPS) is 22.6. The van der Waals surface area contributed by atoms with E-state index in [1.165, 1.54) is 0 Å². The van der Waals surface area contributed by atoms with Crippen LogP contribution in [0.1, 0.15) is 6.42 Å². The first-order valence-electron chi connectivity index (χ1n) is 5.40. The second-order valence-corrected chi connectivity index (χ2v) is 5.62. The third kappa shape index (κ3) is 1.66. The minimum atomic E-state index is -1.02. The van der Waals surface area contributed by atoms with E-state index in [2.05, 4.69) is 15.3 Å². The SMILES string of the molecule is O=S(c1nc2ccccc2[nH]1)[C@H]1CCNC1. The number of aromatic amines is 1. The van der Waals surface area contributed by atoms with Crippen molar-refractivity contribution >= 4 is 21.8 Å². The van der Waals surface area contributed by atoms with Crippen molar-refractivity contribution in [1.29, 1.82) is 0 Å². The van der Waals surface area contributed by atoms with Gasteiger partial charge >= 0.3 is 0 Å². The third-order valence-corrected chi connectivity index (χ3v) is 4.46. The highest BCUT2D eigenvalue weighted by molar-refractivity contribution is 7.85. The summed E-state index contributed by atoms with van der Waals surface area (Å²) in [5.74, 6) is 0. The maximum Gasteiger partial charge on any atom is 0.197 e. The molecule has 84 valence electrons. The minimum absolute atomic E-state index is 0.195. The number of hydrogen-bond donors (Lipinski definition) is 2. The fourth-order valence-electron chi connectivity index (χ4n) is 1.99. The summed E-state index contributed by atoms with van der Waals surface area (Å²) in [5, 5.41) is 4.02. The lowest BCUT2D eigenvalue weighted by atomic mass is 10.3. The van der Waals surface area contributed by atoms with Crippen molar-refractivity contribution < 1.29 is 4.21 Å². The zero-order valence-electron chi connectivity index (χ0n) is 8.77. The van der Waals surface area contributed by atoms with Crippen LogP contribution in [0.25, 0.3) is 11.0 Å². The highest BCUT2D eigenvalue weighted by Gasteiger charge is 2.24. The van der Waals surface area contributed by atoms with Crippen LogP contribution in [0.3, 0.4) is 0 Å². The Kier molecular flexibility index (Phi) is 2.49. The van der Waals surface area contributed by atoms with Crippen molar-refractivity contribution in [3.05, 3.63) is 24.3 Å². The Hall–Kier alpha value is -1.20. The number of H-pyrrole nitrogens is 1. The van der Waals surface area contributed by atoms with E-state index in [1.54, 1.807) is 0 Å². The molecular formula is C11H13N3OS. The summed E-state index contributed by atoms with van der Waals surface area (Å²) < 4.78 is 12.2. The van der Waals surface area contributed by atoms with Crippen molar-refractivity contribution in [2.24, 2.45) is 0 Å². The van der Waals surface area contributed by atoms with Gasteiger partial charge in [0.1, 0.15) is 0 Å². The van der Waals surface area contributed by atoms with Gasteiger partial charge in [0.15, 0.2) is 5.16 Å². The molecule has 5 heteroatoms. The lowest BCUT2D eigenvalue weighted by Crippen LogP contribution is -2.19. The summed E-state index contributed by atoms with van der Waals surface area (Å²) in [5.41, 5.74) is 1.84. The first-order valence-corrected chi connectivity index (χ1v) is 6.62. The Bertz CT molecular complexity index is 498. The van der Waals surface area contributed by atoms with Crippen LogP contribution in [0.2, 0.25) is 0 Å². The van der Waals surface area contributed by atoms with Crippen LogP contribution in [0, 0.1) is 0 Å². The van der Waals surface area contributed by atoms with Crippen molar-refractivity contribution in [3.63, 3.8) is 0 Å². The monoisotopic (exact) mass is 235 g/mol. The number of hydrogen-bond acceptors (Lipinski definition) is 3. The molecule has 2 aromatic rings. The molecule has 0 bridgehead atoms. The number of nitrogens with one attached hydrogen (secondary N) is 2. The average Bonchev–Trinajstić information content (AvgIpc) is 2.97. The molecule has 0 radical (unpaired) electrons. The lowest BCUT2D eigenvalue weighted by molar-refractivity contribution is 0.666. The zero-order valence-corrected chi connectivity index (χ0v) is 9.59. The number of rotatable bonds is 2. The predicted molar refractivity (Wildman–Crippen MR) is 63.8 cm³/mol. The summed E-state index contributed by atoms with van der Waals surface area (Å²) in [4.78, 5) is 7.51. The molecular weight excluding hydrogens is 222 g/mol. The molecule has 0 aliphatic carbocycles. The van der Waals surface area contributed by atoms with Gasteiger partial charge in [-0.1, -0.05) is 12.1 Å². The molecule has 1 aliphatic heterocycles. The smallest absolute Gasteiger partial charge is 0.197 e. The van der Waals surface area contributed by atoms with Gasteiger partial charge in [0.2, 0.25) is 0 Å². The number of aromatic nitrogens is 2. The Labute approximate surface area is 95.9 Å². The molecule has 2 atom stereocenters. The van der Waals surface area contributed by atoms with Crippen LogP contribution < -0.4 is 5.32 Å². The molecule has 1 fully saturated rings. The second kappa shape index (κ2) is 3.99. The van der Waals surface area contributed by atoms with Crippen LogP contribution >= 0.6 is 0 Å². The maximum absolute atomic E-state index is 12.2. The molecule has 2 heterocycles. The fraction of sp³-hybridized carbons (Fsp3) is 0.364. The van der Waals surface area contributed by atoms with Gasteiger partial charge in [-0.3, -0.25) is 4.21 Å². The molecule has 1 unspecified atom stereocenters. The van der Waals surface area contributed by atoms with Crippen LogP contribution in [-0.4, -0.2) is 32.5 Å². The van der Waals surface area contributed by atoms with Gasteiger partial charge in [0.05, 0.1) is 27.1 Å². The maximum atomic E-state index is 12.2. The van der Waals surface area contributed by atoms with Gasteiger partial charge in [-0.25, -0.2) is 4.98 Å². The van der Waals surface area contributed by atoms with Gasteiger partial charge in [0.25, 0.3) is 0 Å². The molecule has 1 aliphatic rings.